The molecule has 2 atom stereocenters. The lowest BCUT2D eigenvalue weighted by atomic mass is 10.1. The van der Waals surface area contributed by atoms with E-state index in [1.165, 1.54) is 0 Å². The SMILES string of the molecule is Cc1ccc(S(=O)(=O)O[C@@H]2CN(c3ccc(C#N)c4ncccc34)CC[C@@H](C)O2)c(C)c1. The number of ether oxygens (including phenoxy) is 1. The van der Waals surface area contributed by atoms with Crippen LogP contribution in [0, 0.1) is 25.2 Å². The molecular formula is C24H25N3O4S. The molecule has 7 nitrogen and oxygen atoms in total. The molecule has 0 spiro atoms. The molecule has 1 aliphatic rings. The quantitative estimate of drug-likeness (QED) is 0.552. The van der Waals surface area contributed by atoms with Gasteiger partial charge in [0, 0.05) is 23.8 Å². The Morgan fingerprint density at radius 3 is 2.78 bits per heavy atom. The lowest BCUT2D eigenvalue weighted by Gasteiger charge is -2.27. The van der Waals surface area contributed by atoms with Gasteiger partial charge in [0.2, 0.25) is 0 Å². The highest BCUT2D eigenvalue weighted by Crippen LogP contribution is 2.31. The van der Waals surface area contributed by atoms with Crippen LogP contribution in [-0.2, 0) is 19.0 Å². The number of hydrogen-bond acceptors (Lipinski definition) is 7. The summed E-state index contributed by atoms with van der Waals surface area (Å²) in [6, 6.07) is 14.7. The van der Waals surface area contributed by atoms with Crippen LogP contribution in [-0.4, -0.2) is 38.9 Å². The fourth-order valence-electron chi connectivity index (χ4n) is 4.05. The first-order valence-electron chi connectivity index (χ1n) is 10.5. The van der Waals surface area contributed by atoms with E-state index in [9.17, 15) is 13.7 Å². The molecule has 166 valence electrons. The third-order valence-corrected chi connectivity index (χ3v) is 7.07. The minimum atomic E-state index is -4.01. The zero-order valence-corrected chi connectivity index (χ0v) is 19.1. The Bertz CT molecular complexity index is 1300. The van der Waals surface area contributed by atoms with E-state index in [2.05, 4.69) is 11.1 Å². The van der Waals surface area contributed by atoms with Crippen LogP contribution in [0.15, 0.2) is 53.6 Å². The average Bonchev–Trinajstić information content (AvgIpc) is 2.93. The third kappa shape index (κ3) is 4.46. The van der Waals surface area contributed by atoms with Crippen molar-refractivity contribution >= 4 is 26.7 Å². The smallest absolute Gasteiger partial charge is 0.299 e. The molecule has 0 saturated carbocycles. The van der Waals surface area contributed by atoms with Crippen molar-refractivity contribution in [2.45, 2.75) is 44.5 Å². The highest BCUT2D eigenvalue weighted by atomic mass is 32.2. The lowest BCUT2D eigenvalue weighted by molar-refractivity contribution is -0.0971. The van der Waals surface area contributed by atoms with Crippen molar-refractivity contribution in [2.24, 2.45) is 0 Å². The van der Waals surface area contributed by atoms with Gasteiger partial charge in [-0.3, -0.25) is 4.98 Å². The number of rotatable bonds is 4. The second-order valence-electron chi connectivity index (χ2n) is 8.07. The first kappa shape index (κ1) is 22.2. The maximum Gasteiger partial charge on any atom is 0.299 e. The van der Waals surface area contributed by atoms with Gasteiger partial charge in [0.05, 0.1) is 28.6 Å². The maximum absolute atomic E-state index is 13.0. The van der Waals surface area contributed by atoms with Crippen LogP contribution < -0.4 is 4.90 Å². The first-order valence-corrected chi connectivity index (χ1v) is 11.9. The fourth-order valence-corrected chi connectivity index (χ4v) is 5.23. The molecule has 1 fully saturated rings. The Morgan fingerprint density at radius 1 is 1.22 bits per heavy atom. The van der Waals surface area contributed by atoms with Gasteiger partial charge in [-0.05, 0) is 63.1 Å². The second kappa shape index (κ2) is 8.87. The van der Waals surface area contributed by atoms with Crippen molar-refractivity contribution < 1.29 is 17.3 Å². The largest absolute Gasteiger partial charge is 0.366 e. The molecule has 1 aromatic heterocycles. The predicted molar refractivity (Wildman–Crippen MR) is 122 cm³/mol. The van der Waals surface area contributed by atoms with Crippen LogP contribution in [0.3, 0.4) is 0 Å². The molecule has 2 heterocycles. The van der Waals surface area contributed by atoms with E-state index in [0.717, 1.165) is 16.6 Å². The second-order valence-corrected chi connectivity index (χ2v) is 9.61. The van der Waals surface area contributed by atoms with Crippen molar-refractivity contribution in [1.29, 1.82) is 5.26 Å². The first-order chi connectivity index (χ1) is 15.3. The van der Waals surface area contributed by atoms with Crippen LogP contribution in [0.25, 0.3) is 10.9 Å². The third-order valence-electron chi connectivity index (χ3n) is 5.60. The molecule has 8 heteroatoms. The summed E-state index contributed by atoms with van der Waals surface area (Å²) in [5, 5.41) is 10.3. The van der Waals surface area contributed by atoms with E-state index in [4.69, 9.17) is 8.92 Å². The zero-order chi connectivity index (χ0) is 22.9. The number of fused-ring (bicyclic) bond motifs is 1. The van der Waals surface area contributed by atoms with Gasteiger partial charge in [0.1, 0.15) is 6.07 Å². The van der Waals surface area contributed by atoms with Crippen molar-refractivity contribution in [2.75, 3.05) is 18.0 Å². The van der Waals surface area contributed by atoms with Gasteiger partial charge in [-0.2, -0.15) is 13.7 Å². The fraction of sp³-hybridized carbons (Fsp3) is 0.333. The molecule has 0 bridgehead atoms. The van der Waals surface area contributed by atoms with Gasteiger partial charge in [0.15, 0.2) is 6.29 Å². The Labute approximate surface area is 188 Å². The number of hydrogen-bond donors (Lipinski definition) is 0. The molecule has 0 unspecified atom stereocenters. The molecule has 4 rings (SSSR count). The molecule has 0 radical (unpaired) electrons. The molecule has 3 aromatic rings. The summed E-state index contributed by atoms with van der Waals surface area (Å²) in [5.74, 6) is 0. The van der Waals surface area contributed by atoms with Crippen molar-refractivity contribution in [3.05, 3.63) is 65.4 Å². The van der Waals surface area contributed by atoms with Gasteiger partial charge in [-0.25, -0.2) is 4.18 Å². The van der Waals surface area contributed by atoms with Gasteiger partial charge in [-0.15, -0.1) is 0 Å². The molecule has 1 aliphatic heterocycles. The number of anilines is 1. The van der Waals surface area contributed by atoms with Gasteiger partial charge in [-0.1, -0.05) is 17.7 Å². The normalized spacial score (nSPS) is 19.5. The summed E-state index contributed by atoms with van der Waals surface area (Å²) in [6.45, 7) is 6.45. The Morgan fingerprint density at radius 2 is 2.03 bits per heavy atom. The standard InChI is InChI=1S/C24H25N3O4S/c1-16-6-9-22(17(2)13-16)32(28,29)31-23-15-27(12-10-18(3)30-23)21-8-7-19(14-25)24-20(21)5-4-11-26-24/h4-9,11,13,18,23H,10,12,15H2,1-3H3/t18-,23-/m1/s1. The van der Waals surface area contributed by atoms with E-state index in [0.29, 0.717) is 29.6 Å². The summed E-state index contributed by atoms with van der Waals surface area (Å²) >= 11 is 0. The molecule has 1 saturated heterocycles. The molecule has 2 aromatic carbocycles. The maximum atomic E-state index is 13.0. The molecule has 32 heavy (non-hydrogen) atoms. The Kier molecular flexibility index (Phi) is 6.15. The van der Waals surface area contributed by atoms with Gasteiger partial charge >= 0.3 is 0 Å². The number of benzene rings is 2. The predicted octanol–water partition coefficient (Wildman–Crippen LogP) is 4.07. The number of aryl methyl sites for hydroxylation is 2. The highest BCUT2D eigenvalue weighted by Gasteiger charge is 2.30. The number of nitrogens with zero attached hydrogens (tertiary/aromatic N) is 3. The van der Waals surface area contributed by atoms with Crippen molar-refractivity contribution in [3.63, 3.8) is 0 Å². The number of aromatic nitrogens is 1. The monoisotopic (exact) mass is 451 g/mol. The summed E-state index contributed by atoms with van der Waals surface area (Å²) < 4.78 is 37.6. The van der Waals surface area contributed by atoms with E-state index >= 15 is 0 Å². The minimum Gasteiger partial charge on any atom is -0.366 e. The van der Waals surface area contributed by atoms with Crippen LogP contribution in [0.4, 0.5) is 5.69 Å². The van der Waals surface area contributed by atoms with Crippen molar-refractivity contribution in [1.82, 2.24) is 4.98 Å². The number of nitriles is 1. The summed E-state index contributed by atoms with van der Waals surface area (Å²) in [7, 11) is -4.01. The minimum absolute atomic E-state index is 0.142. The molecular weight excluding hydrogens is 426 g/mol. The van der Waals surface area contributed by atoms with Crippen LogP contribution in [0.5, 0.6) is 0 Å². The molecule has 0 N–H and O–H groups in total. The van der Waals surface area contributed by atoms with Crippen molar-refractivity contribution in [3.8, 4) is 6.07 Å². The number of pyridine rings is 1. The average molecular weight is 452 g/mol. The van der Waals surface area contributed by atoms with E-state index in [-0.39, 0.29) is 17.5 Å². The summed E-state index contributed by atoms with van der Waals surface area (Å²) in [4.78, 5) is 6.55. The van der Waals surface area contributed by atoms with Gasteiger partial charge in [0.25, 0.3) is 10.1 Å². The van der Waals surface area contributed by atoms with E-state index < -0.39 is 16.4 Å². The Balaban J connectivity index is 1.66. The highest BCUT2D eigenvalue weighted by molar-refractivity contribution is 7.86. The summed E-state index contributed by atoms with van der Waals surface area (Å²) in [5.41, 5.74) is 3.59. The Hall–Kier alpha value is -2.99. The van der Waals surface area contributed by atoms with E-state index in [1.807, 2.05) is 43.0 Å². The molecule has 0 amide bonds. The van der Waals surface area contributed by atoms with Crippen LogP contribution in [0.1, 0.15) is 30.0 Å². The van der Waals surface area contributed by atoms with E-state index in [1.54, 1.807) is 31.3 Å². The molecule has 0 aliphatic carbocycles. The van der Waals surface area contributed by atoms with Gasteiger partial charge < -0.3 is 9.64 Å². The summed E-state index contributed by atoms with van der Waals surface area (Å²) in [6.07, 6.45) is 1.21. The van der Waals surface area contributed by atoms with Crippen LogP contribution in [0.2, 0.25) is 0 Å². The lowest BCUT2D eigenvalue weighted by Crippen LogP contribution is -2.35. The van der Waals surface area contributed by atoms with Crippen LogP contribution >= 0.6 is 0 Å². The topological polar surface area (TPSA) is 92.5 Å². The zero-order valence-electron chi connectivity index (χ0n) is 18.3.